The minimum absolute atomic E-state index is 0.0285. The normalized spacial score (nSPS) is 11.9. The number of H-pyrrole nitrogens is 1. The maximum absolute atomic E-state index is 12.4. The first kappa shape index (κ1) is 22.4. The number of hydrogen-bond donors (Lipinski definition) is 1. The summed E-state index contributed by atoms with van der Waals surface area (Å²) in [5, 5.41) is 0.478. The van der Waals surface area contributed by atoms with Crippen LogP contribution in [0.5, 0.6) is 0 Å². The molecule has 0 fully saturated rings. The van der Waals surface area contributed by atoms with Gasteiger partial charge in [-0.1, -0.05) is 56.2 Å². The molecule has 0 bridgehead atoms. The molecule has 162 valence electrons. The Bertz CT molecular complexity index is 1100. The average molecular weight is 421 g/mol. The van der Waals surface area contributed by atoms with Crippen molar-refractivity contribution < 1.29 is 14.3 Å². The number of Topliss-reactive ketones (excluding diaryl/α,β-unsaturated/α-hetero) is 1. The van der Waals surface area contributed by atoms with Crippen molar-refractivity contribution in [3.8, 4) is 0 Å². The van der Waals surface area contributed by atoms with Crippen molar-refractivity contribution in [2.75, 3.05) is 0 Å². The summed E-state index contributed by atoms with van der Waals surface area (Å²) in [6, 6.07) is 14.6. The van der Waals surface area contributed by atoms with Gasteiger partial charge in [-0.25, -0.2) is 4.98 Å². The molecule has 6 heteroatoms. The lowest BCUT2D eigenvalue weighted by Crippen LogP contribution is -2.17. The van der Waals surface area contributed by atoms with Crippen LogP contribution in [0.3, 0.4) is 0 Å². The number of rotatable bonds is 10. The lowest BCUT2D eigenvalue weighted by Gasteiger charge is -2.13. The Morgan fingerprint density at radius 1 is 1.03 bits per heavy atom. The number of ketones is 1. The first-order chi connectivity index (χ1) is 15.0. The van der Waals surface area contributed by atoms with Crippen LogP contribution in [0.1, 0.15) is 73.8 Å². The third-order valence-corrected chi connectivity index (χ3v) is 5.23. The van der Waals surface area contributed by atoms with E-state index in [2.05, 4.69) is 16.9 Å². The van der Waals surface area contributed by atoms with E-state index in [-0.39, 0.29) is 30.0 Å². The number of carbonyl (C=O) groups excluding carboxylic acids is 2. The summed E-state index contributed by atoms with van der Waals surface area (Å²) < 4.78 is 5.38. The number of nitrogens with zero attached hydrogens (tertiary/aromatic N) is 1. The van der Waals surface area contributed by atoms with Crippen molar-refractivity contribution in [1.29, 1.82) is 0 Å². The van der Waals surface area contributed by atoms with Crippen LogP contribution in [-0.2, 0) is 16.0 Å². The van der Waals surface area contributed by atoms with Crippen molar-refractivity contribution in [3.05, 3.63) is 75.8 Å². The first-order valence-corrected chi connectivity index (χ1v) is 10.8. The molecular weight excluding hydrogens is 392 g/mol. The molecule has 1 N–H and O–H groups in total. The van der Waals surface area contributed by atoms with Gasteiger partial charge in [0.1, 0.15) is 0 Å². The van der Waals surface area contributed by atoms with Gasteiger partial charge in [0.2, 0.25) is 0 Å². The van der Waals surface area contributed by atoms with E-state index >= 15 is 0 Å². The molecule has 2 aromatic carbocycles. The maximum Gasteiger partial charge on any atom is 0.306 e. The molecule has 0 saturated heterocycles. The number of aromatic amines is 1. The molecule has 3 aromatic rings. The van der Waals surface area contributed by atoms with Gasteiger partial charge in [0.15, 0.2) is 17.7 Å². The molecule has 0 aliphatic rings. The highest BCUT2D eigenvalue weighted by molar-refractivity contribution is 5.97. The summed E-state index contributed by atoms with van der Waals surface area (Å²) >= 11 is 0. The fourth-order valence-electron chi connectivity index (χ4n) is 3.41. The van der Waals surface area contributed by atoms with Gasteiger partial charge >= 0.3 is 5.97 Å². The number of esters is 1. The molecule has 1 atom stereocenters. The quantitative estimate of drug-likeness (QED) is 0.286. The third kappa shape index (κ3) is 6.10. The van der Waals surface area contributed by atoms with E-state index in [1.807, 2.05) is 24.3 Å². The highest BCUT2D eigenvalue weighted by Gasteiger charge is 2.17. The molecule has 0 amide bonds. The number of nitrogens with one attached hydrogen (secondary N) is 1. The van der Waals surface area contributed by atoms with E-state index in [4.69, 9.17) is 4.74 Å². The summed E-state index contributed by atoms with van der Waals surface area (Å²) in [5.41, 5.74) is 2.07. The van der Waals surface area contributed by atoms with Crippen molar-refractivity contribution >= 4 is 22.7 Å². The van der Waals surface area contributed by atoms with Crippen LogP contribution in [-0.4, -0.2) is 21.7 Å². The van der Waals surface area contributed by atoms with Gasteiger partial charge in [-0.2, -0.15) is 0 Å². The van der Waals surface area contributed by atoms with E-state index in [9.17, 15) is 14.4 Å². The lowest BCUT2D eigenvalue weighted by atomic mass is 10.0. The van der Waals surface area contributed by atoms with Crippen LogP contribution in [0.4, 0.5) is 0 Å². The topological polar surface area (TPSA) is 89.1 Å². The molecule has 0 saturated carbocycles. The fourth-order valence-corrected chi connectivity index (χ4v) is 3.41. The smallest absolute Gasteiger partial charge is 0.306 e. The SMILES string of the molecule is CCCCCc1ccc(C(=O)CCC(=O)O[C@@H](C)c2nc3ccccc3c(=O)[nH]2)cc1. The van der Waals surface area contributed by atoms with Crippen LogP contribution in [0, 0.1) is 0 Å². The highest BCUT2D eigenvalue weighted by atomic mass is 16.5. The summed E-state index contributed by atoms with van der Waals surface area (Å²) in [4.78, 5) is 43.8. The Morgan fingerprint density at radius 2 is 1.77 bits per heavy atom. The minimum Gasteiger partial charge on any atom is -0.454 e. The van der Waals surface area contributed by atoms with E-state index in [1.54, 1.807) is 31.2 Å². The second-order valence-electron chi connectivity index (χ2n) is 7.68. The molecular formula is C25H28N2O4. The molecule has 3 rings (SSSR count). The zero-order valence-electron chi connectivity index (χ0n) is 18.0. The number of fused-ring (bicyclic) bond motifs is 1. The van der Waals surface area contributed by atoms with E-state index in [1.165, 1.54) is 18.4 Å². The number of ether oxygens (including phenoxy) is 1. The maximum atomic E-state index is 12.4. The van der Waals surface area contributed by atoms with Crippen LogP contribution >= 0.6 is 0 Å². The van der Waals surface area contributed by atoms with Gasteiger partial charge in [-0.15, -0.1) is 0 Å². The molecule has 0 aliphatic carbocycles. The Kier molecular flexibility index (Phi) is 7.70. The second-order valence-corrected chi connectivity index (χ2v) is 7.68. The molecule has 1 heterocycles. The van der Waals surface area contributed by atoms with Crippen molar-refractivity contribution in [1.82, 2.24) is 9.97 Å². The number of carbonyl (C=O) groups is 2. The van der Waals surface area contributed by atoms with Crippen molar-refractivity contribution in [2.24, 2.45) is 0 Å². The Morgan fingerprint density at radius 3 is 2.52 bits per heavy atom. The predicted octanol–water partition coefficient (Wildman–Crippen LogP) is 4.92. The van der Waals surface area contributed by atoms with Crippen molar-refractivity contribution in [3.63, 3.8) is 0 Å². The highest BCUT2D eigenvalue weighted by Crippen LogP contribution is 2.16. The Balaban J connectivity index is 1.52. The summed E-state index contributed by atoms with van der Waals surface area (Å²) in [6.07, 6.45) is 3.86. The van der Waals surface area contributed by atoms with E-state index in [0.29, 0.717) is 16.5 Å². The van der Waals surface area contributed by atoms with Gasteiger partial charge in [-0.05, 0) is 37.5 Å². The molecule has 1 aromatic heterocycles. The standard InChI is InChI=1S/C25H28N2O4/c1-3-4-5-8-18-11-13-19(14-12-18)22(28)15-16-23(29)31-17(2)24-26-21-10-7-6-9-20(21)25(30)27-24/h6-7,9-14,17H,3-5,8,15-16H2,1-2H3,(H,26,27,30)/t17-/m0/s1. The fraction of sp³-hybridized carbons (Fsp3) is 0.360. The van der Waals surface area contributed by atoms with Crippen LogP contribution < -0.4 is 5.56 Å². The number of unbranched alkanes of at least 4 members (excludes halogenated alkanes) is 2. The zero-order valence-corrected chi connectivity index (χ0v) is 18.0. The van der Waals surface area contributed by atoms with Gasteiger partial charge < -0.3 is 9.72 Å². The van der Waals surface area contributed by atoms with Crippen LogP contribution in [0.25, 0.3) is 10.9 Å². The molecule has 0 aliphatic heterocycles. The minimum atomic E-state index is -0.720. The average Bonchev–Trinajstić information content (AvgIpc) is 2.78. The predicted molar refractivity (Wildman–Crippen MR) is 120 cm³/mol. The molecule has 0 spiro atoms. The molecule has 0 unspecified atom stereocenters. The van der Waals surface area contributed by atoms with Crippen molar-refractivity contribution in [2.45, 2.75) is 58.5 Å². The van der Waals surface area contributed by atoms with Crippen LogP contribution in [0.2, 0.25) is 0 Å². The molecule has 0 radical (unpaired) electrons. The Hall–Kier alpha value is -3.28. The Labute approximate surface area is 181 Å². The second kappa shape index (κ2) is 10.7. The lowest BCUT2D eigenvalue weighted by molar-refractivity contribution is -0.148. The summed E-state index contributed by atoms with van der Waals surface area (Å²) in [7, 11) is 0. The summed E-state index contributed by atoms with van der Waals surface area (Å²) in [6.45, 7) is 3.81. The van der Waals surface area contributed by atoms with Gasteiger partial charge in [0.25, 0.3) is 5.56 Å². The number of para-hydroxylation sites is 1. The monoisotopic (exact) mass is 420 g/mol. The van der Waals surface area contributed by atoms with Gasteiger partial charge in [0.05, 0.1) is 17.3 Å². The third-order valence-electron chi connectivity index (χ3n) is 5.23. The molecule has 6 nitrogen and oxygen atoms in total. The summed E-state index contributed by atoms with van der Waals surface area (Å²) in [5.74, 6) is -0.322. The number of aromatic nitrogens is 2. The number of hydrogen-bond acceptors (Lipinski definition) is 5. The zero-order chi connectivity index (χ0) is 22.2. The largest absolute Gasteiger partial charge is 0.454 e. The van der Waals surface area contributed by atoms with E-state index in [0.717, 1.165) is 12.8 Å². The number of aryl methyl sites for hydroxylation is 1. The molecule has 31 heavy (non-hydrogen) atoms. The van der Waals surface area contributed by atoms with E-state index < -0.39 is 12.1 Å². The number of benzene rings is 2. The van der Waals surface area contributed by atoms with Gasteiger partial charge in [-0.3, -0.25) is 14.4 Å². The van der Waals surface area contributed by atoms with Crippen LogP contribution in [0.15, 0.2) is 53.3 Å². The first-order valence-electron chi connectivity index (χ1n) is 10.8. The van der Waals surface area contributed by atoms with Gasteiger partial charge in [0, 0.05) is 12.0 Å².